The molecule has 7 nitrogen and oxygen atoms in total. The number of ether oxygens (including phenoxy) is 1. The SMILES string of the molecule is COc1ccc(-c2nc3c(C(=O)N4CCN(Cc5cccc(F)c5F)CC4)cnn3c(C(F)(F)F)c2C)cc1. The van der Waals surface area contributed by atoms with E-state index >= 15 is 0 Å². The van der Waals surface area contributed by atoms with E-state index in [1.54, 1.807) is 24.3 Å². The second-order valence-electron chi connectivity index (χ2n) is 9.24. The van der Waals surface area contributed by atoms with Gasteiger partial charge in [0, 0.05) is 49.4 Å². The molecule has 2 aromatic heterocycles. The molecule has 0 atom stereocenters. The van der Waals surface area contributed by atoms with Crippen molar-refractivity contribution in [3.05, 3.63) is 82.7 Å². The summed E-state index contributed by atoms with van der Waals surface area (Å²) >= 11 is 0. The van der Waals surface area contributed by atoms with Gasteiger partial charge in [-0.25, -0.2) is 18.3 Å². The number of carbonyl (C=O) groups excluding carboxylic acids is 1. The van der Waals surface area contributed by atoms with Gasteiger partial charge in [0.05, 0.1) is 19.0 Å². The van der Waals surface area contributed by atoms with Gasteiger partial charge in [0.2, 0.25) is 0 Å². The lowest BCUT2D eigenvalue weighted by atomic mass is 10.0. The molecule has 5 rings (SSSR count). The Balaban J connectivity index is 1.44. The van der Waals surface area contributed by atoms with Crippen LogP contribution >= 0.6 is 0 Å². The summed E-state index contributed by atoms with van der Waals surface area (Å²) in [6.07, 6.45) is -3.65. The number of alkyl halides is 3. The molecule has 0 saturated carbocycles. The Morgan fingerprint density at radius 2 is 1.72 bits per heavy atom. The third-order valence-corrected chi connectivity index (χ3v) is 6.83. The lowest BCUT2D eigenvalue weighted by Gasteiger charge is -2.34. The maximum atomic E-state index is 14.2. The number of methoxy groups -OCH3 is 1. The van der Waals surface area contributed by atoms with E-state index in [1.807, 2.05) is 4.90 Å². The van der Waals surface area contributed by atoms with Crippen LogP contribution in [0.2, 0.25) is 0 Å². The Kier molecular flexibility index (Phi) is 6.98. The Labute approximate surface area is 220 Å². The minimum Gasteiger partial charge on any atom is -0.497 e. The minimum atomic E-state index is -4.75. The van der Waals surface area contributed by atoms with E-state index in [1.165, 1.54) is 31.1 Å². The summed E-state index contributed by atoms with van der Waals surface area (Å²) in [4.78, 5) is 21.3. The number of hydrogen-bond acceptors (Lipinski definition) is 5. The van der Waals surface area contributed by atoms with Crippen molar-refractivity contribution in [2.45, 2.75) is 19.6 Å². The molecule has 2 aromatic carbocycles. The average Bonchev–Trinajstić information content (AvgIpc) is 3.33. The van der Waals surface area contributed by atoms with E-state index in [0.717, 1.165) is 12.3 Å². The van der Waals surface area contributed by atoms with Crippen LogP contribution in [0.25, 0.3) is 16.9 Å². The number of benzene rings is 2. The first-order valence-electron chi connectivity index (χ1n) is 12.1. The van der Waals surface area contributed by atoms with E-state index in [9.17, 15) is 26.7 Å². The van der Waals surface area contributed by atoms with E-state index in [0.29, 0.717) is 28.9 Å². The first-order chi connectivity index (χ1) is 18.6. The van der Waals surface area contributed by atoms with Crippen LogP contribution in [-0.2, 0) is 12.7 Å². The van der Waals surface area contributed by atoms with E-state index < -0.39 is 29.4 Å². The Morgan fingerprint density at radius 1 is 1.03 bits per heavy atom. The van der Waals surface area contributed by atoms with Crippen LogP contribution in [0.1, 0.15) is 27.2 Å². The van der Waals surface area contributed by atoms with Crippen LogP contribution in [0.4, 0.5) is 22.0 Å². The molecular formula is C27H24F5N5O2. The van der Waals surface area contributed by atoms with E-state index in [2.05, 4.69) is 10.1 Å². The summed E-state index contributed by atoms with van der Waals surface area (Å²) in [5.74, 6) is -1.80. The zero-order chi connectivity index (χ0) is 27.9. The molecule has 204 valence electrons. The lowest BCUT2D eigenvalue weighted by molar-refractivity contribution is -0.143. The predicted molar refractivity (Wildman–Crippen MR) is 132 cm³/mol. The van der Waals surface area contributed by atoms with Gasteiger partial charge in [-0.15, -0.1) is 0 Å². The topological polar surface area (TPSA) is 63.0 Å². The fraction of sp³-hybridized carbons (Fsp3) is 0.296. The highest BCUT2D eigenvalue weighted by molar-refractivity contribution is 6.00. The molecule has 0 unspecified atom stereocenters. The quantitative estimate of drug-likeness (QED) is 0.332. The predicted octanol–water partition coefficient (Wildman–Crippen LogP) is 4.97. The fourth-order valence-corrected chi connectivity index (χ4v) is 4.78. The Bertz CT molecular complexity index is 1530. The molecule has 3 heterocycles. The van der Waals surface area contributed by atoms with Crippen molar-refractivity contribution in [1.29, 1.82) is 0 Å². The molecule has 0 spiro atoms. The van der Waals surface area contributed by atoms with E-state index in [4.69, 9.17) is 4.74 Å². The molecular weight excluding hydrogens is 521 g/mol. The van der Waals surface area contributed by atoms with Gasteiger partial charge in [0.1, 0.15) is 11.3 Å². The van der Waals surface area contributed by atoms with Gasteiger partial charge in [-0.1, -0.05) is 12.1 Å². The monoisotopic (exact) mass is 545 g/mol. The molecule has 1 aliphatic rings. The molecule has 0 radical (unpaired) electrons. The van der Waals surface area contributed by atoms with Crippen molar-refractivity contribution < 1.29 is 31.5 Å². The van der Waals surface area contributed by atoms with Crippen LogP contribution in [0, 0.1) is 18.6 Å². The van der Waals surface area contributed by atoms with Gasteiger partial charge < -0.3 is 9.64 Å². The largest absolute Gasteiger partial charge is 0.497 e. The van der Waals surface area contributed by atoms with Gasteiger partial charge in [-0.2, -0.15) is 18.3 Å². The molecule has 4 aromatic rings. The van der Waals surface area contributed by atoms with Gasteiger partial charge >= 0.3 is 6.18 Å². The van der Waals surface area contributed by atoms with Gasteiger partial charge in [-0.3, -0.25) is 9.69 Å². The molecule has 0 aliphatic carbocycles. The van der Waals surface area contributed by atoms with Crippen LogP contribution < -0.4 is 4.74 Å². The molecule has 12 heteroatoms. The second-order valence-corrected chi connectivity index (χ2v) is 9.24. The second kappa shape index (κ2) is 10.3. The highest BCUT2D eigenvalue weighted by Crippen LogP contribution is 2.37. The summed E-state index contributed by atoms with van der Waals surface area (Å²) in [6, 6.07) is 10.4. The zero-order valence-corrected chi connectivity index (χ0v) is 21.1. The Morgan fingerprint density at radius 3 is 2.36 bits per heavy atom. The van der Waals surface area contributed by atoms with Crippen LogP contribution in [0.5, 0.6) is 5.75 Å². The number of amides is 1. The summed E-state index contributed by atoms with van der Waals surface area (Å²) in [7, 11) is 1.48. The average molecular weight is 546 g/mol. The Hall–Kier alpha value is -4.06. The van der Waals surface area contributed by atoms with Crippen molar-refractivity contribution in [3.8, 4) is 17.0 Å². The van der Waals surface area contributed by atoms with Crippen LogP contribution in [0.15, 0.2) is 48.7 Å². The maximum absolute atomic E-state index is 14.2. The number of aromatic nitrogens is 3. The van der Waals surface area contributed by atoms with Crippen molar-refractivity contribution >= 4 is 11.6 Å². The third-order valence-electron chi connectivity index (χ3n) is 6.83. The number of carbonyl (C=O) groups is 1. The van der Waals surface area contributed by atoms with Gasteiger partial charge in [0.15, 0.2) is 23.0 Å². The van der Waals surface area contributed by atoms with E-state index in [-0.39, 0.29) is 47.7 Å². The van der Waals surface area contributed by atoms with Crippen molar-refractivity contribution in [1.82, 2.24) is 24.4 Å². The molecule has 1 saturated heterocycles. The zero-order valence-electron chi connectivity index (χ0n) is 21.1. The van der Waals surface area contributed by atoms with Crippen molar-refractivity contribution in [2.24, 2.45) is 0 Å². The minimum absolute atomic E-state index is 0.0557. The highest BCUT2D eigenvalue weighted by Gasteiger charge is 2.39. The lowest BCUT2D eigenvalue weighted by Crippen LogP contribution is -2.48. The number of hydrogen-bond donors (Lipinski definition) is 0. The maximum Gasteiger partial charge on any atom is 0.433 e. The highest BCUT2D eigenvalue weighted by atomic mass is 19.4. The molecule has 0 bridgehead atoms. The molecule has 1 amide bonds. The van der Waals surface area contributed by atoms with Crippen LogP contribution in [0.3, 0.4) is 0 Å². The molecule has 1 fully saturated rings. The number of piperazine rings is 1. The number of rotatable bonds is 5. The summed E-state index contributed by atoms with van der Waals surface area (Å²) in [5.41, 5.74) is -0.677. The molecule has 0 N–H and O–H groups in total. The molecule has 1 aliphatic heterocycles. The smallest absolute Gasteiger partial charge is 0.433 e. The van der Waals surface area contributed by atoms with Gasteiger partial charge in [0.25, 0.3) is 5.91 Å². The number of nitrogens with zero attached hydrogens (tertiary/aromatic N) is 5. The fourth-order valence-electron chi connectivity index (χ4n) is 4.78. The standard InChI is InChI=1S/C27H24F5N5O2/c1-16-23(17-6-8-19(39-2)9-7-17)34-25-20(14-33-37(25)24(16)27(30,31)32)26(38)36-12-10-35(11-13-36)15-18-4-3-5-21(28)22(18)29/h3-9,14H,10-13,15H2,1-2H3. The third kappa shape index (κ3) is 5.03. The van der Waals surface area contributed by atoms with Crippen molar-refractivity contribution in [3.63, 3.8) is 0 Å². The first-order valence-corrected chi connectivity index (χ1v) is 12.1. The summed E-state index contributed by atoms with van der Waals surface area (Å²) in [6.45, 7) is 2.73. The number of fused-ring (bicyclic) bond motifs is 1. The normalized spacial score (nSPS) is 14.7. The van der Waals surface area contributed by atoms with Gasteiger partial charge in [-0.05, 0) is 37.3 Å². The number of halogens is 5. The first kappa shape index (κ1) is 26.5. The summed E-state index contributed by atoms with van der Waals surface area (Å²) < 4.78 is 75.9. The molecule has 39 heavy (non-hydrogen) atoms. The van der Waals surface area contributed by atoms with Crippen LogP contribution in [-0.4, -0.2) is 63.6 Å². The van der Waals surface area contributed by atoms with Crippen molar-refractivity contribution in [2.75, 3.05) is 33.3 Å². The summed E-state index contributed by atoms with van der Waals surface area (Å²) in [5, 5.41) is 3.89.